The van der Waals surface area contributed by atoms with Crippen molar-refractivity contribution in [3.05, 3.63) is 29.3 Å². The van der Waals surface area contributed by atoms with Crippen molar-refractivity contribution in [2.45, 2.75) is 6.92 Å². The van der Waals surface area contributed by atoms with Crippen LogP contribution in [0.5, 0.6) is 0 Å². The molecular weight excluding hydrogens is 242 g/mol. The molecule has 0 fully saturated rings. The van der Waals surface area contributed by atoms with E-state index in [1.807, 2.05) is 6.92 Å². The molecule has 1 aromatic carbocycles. The first kappa shape index (κ1) is 13.5. The third-order valence-corrected chi connectivity index (χ3v) is 2.93. The molecule has 0 radical (unpaired) electrons. The van der Waals surface area contributed by atoms with Crippen LogP contribution in [-0.4, -0.2) is 33.0 Å². The van der Waals surface area contributed by atoms with E-state index in [2.05, 4.69) is 0 Å². The van der Waals surface area contributed by atoms with E-state index in [0.29, 0.717) is 11.3 Å². The Hall–Kier alpha value is -1.56. The Bertz CT molecular complexity index is 502. The zero-order chi connectivity index (χ0) is 13.1. The molecule has 0 unspecified atom stereocenters. The number of carbonyl (C=O) groups is 1. The van der Waals surface area contributed by atoms with E-state index in [1.165, 1.54) is 6.07 Å². The maximum atomic E-state index is 11.6. The minimum Gasteiger partial charge on any atom is -0.461 e. The average Bonchev–Trinajstić information content (AvgIpc) is 2.13. The number of rotatable bonds is 4. The number of sulfone groups is 1. The van der Waals surface area contributed by atoms with Crippen molar-refractivity contribution in [3.63, 3.8) is 0 Å². The molecule has 0 aliphatic heterocycles. The van der Waals surface area contributed by atoms with Gasteiger partial charge in [0.15, 0.2) is 9.84 Å². The highest BCUT2D eigenvalue weighted by Crippen LogP contribution is 2.12. The molecule has 1 aromatic rings. The second-order valence-electron chi connectivity index (χ2n) is 3.90. The van der Waals surface area contributed by atoms with Crippen LogP contribution in [0.25, 0.3) is 0 Å². The van der Waals surface area contributed by atoms with Crippen LogP contribution < -0.4 is 5.73 Å². The van der Waals surface area contributed by atoms with Crippen molar-refractivity contribution in [2.24, 2.45) is 0 Å². The van der Waals surface area contributed by atoms with Gasteiger partial charge in [0.1, 0.15) is 6.61 Å². The van der Waals surface area contributed by atoms with E-state index >= 15 is 0 Å². The van der Waals surface area contributed by atoms with Crippen LogP contribution in [0.1, 0.15) is 15.9 Å². The van der Waals surface area contributed by atoms with Gasteiger partial charge in [0.05, 0.1) is 11.3 Å². The summed E-state index contributed by atoms with van der Waals surface area (Å²) in [6.07, 6.45) is 1.09. The molecule has 2 N–H and O–H groups in total. The molecule has 17 heavy (non-hydrogen) atoms. The molecule has 5 nitrogen and oxygen atoms in total. The lowest BCUT2D eigenvalue weighted by atomic mass is 10.1. The van der Waals surface area contributed by atoms with Crippen molar-refractivity contribution >= 4 is 21.5 Å². The molecule has 0 aliphatic rings. The number of carbonyl (C=O) groups excluding carboxylic acids is 1. The maximum absolute atomic E-state index is 11.6. The number of nitrogens with two attached hydrogens (primary N) is 1. The summed E-state index contributed by atoms with van der Waals surface area (Å²) in [5.41, 5.74) is 7.24. The summed E-state index contributed by atoms with van der Waals surface area (Å²) in [7, 11) is -3.12. The minimum atomic E-state index is -3.12. The topological polar surface area (TPSA) is 86.5 Å². The van der Waals surface area contributed by atoms with Crippen molar-refractivity contribution in [1.29, 1.82) is 0 Å². The second-order valence-corrected chi connectivity index (χ2v) is 6.16. The highest BCUT2D eigenvalue weighted by atomic mass is 32.2. The molecule has 0 amide bonds. The first-order valence-corrected chi connectivity index (χ1v) is 7.06. The van der Waals surface area contributed by atoms with Crippen LogP contribution in [0.3, 0.4) is 0 Å². The predicted molar refractivity (Wildman–Crippen MR) is 65.6 cm³/mol. The van der Waals surface area contributed by atoms with Crippen molar-refractivity contribution in [2.75, 3.05) is 24.3 Å². The third kappa shape index (κ3) is 4.86. The second kappa shape index (κ2) is 5.18. The molecule has 94 valence electrons. The van der Waals surface area contributed by atoms with Gasteiger partial charge < -0.3 is 10.5 Å². The Balaban J connectivity index is 2.64. The largest absolute Gasteiger partial charge is 0.461 e. The smallest absolute Gasteiger partial charge is 0.338 e. The van der Waals surface area contributed by atoms with Crippen LogP contribution in [0.2, 0.25) is 0 Å². The van der Waals surface area contributed by atoms with E-state index < -0.39 is 15.8 Å². The number of esters is 1. The normalized spacial score (nSPS) is 11.2. The lowest BCUT2D eigenvalue weighted by Crippen LogP contribution is -2.14. The van der Waals surface area contributed by atoms with Gasteiger partial charge in [-0.3, -0.25) is 0 Å². The quantitative estimate of drug-likeness (QED) is 0.636. The van der Waals surface area contributed by atoms with Crippen LogP contribution >= 0.6 is 0 Å². The first-order valence-electron chi connectivity index (χ1n) is 5.00. The van der Waals surface area contributed by atoms with E-state index in [1.54, 1.807) is 12.1 Å². The van der Waals surface area contributed by atoms with Gasteiger partial charge in [-0.15, -0.1) is 0 Å². The Kier molecular flexibility index (Phi) is 4.11. The first-order chi connectivity index (χ1) is 7.78. The number of hydrogen-bond donors (Lipinski definition) is 1. The molecule has 0 saturated heterocycles. The van der Waals surface area contributed by atoms with Crippen LogP contribution in [0, 0.1) is 6.92 Å². The predicted octanol–water partition coefficient (Wildman–Crippen LogP) is 0.779. The molecule has 1 rings (SSSR count). The summed E-state index contributed by atoms with van der Waals surface area (Å²) in [6.45, 7) is 1.66. The Morgan fingerprint density at radius 2 is 2.00 bits per heavy atom. The Morgan fingerprint density at radius 3 is 2.53 bits per heavy atom. The van der Waals surface area contributed by atoms with Crippen molar-refractivity contribution in [3.8, 4) is 0 Å². The van der Waals surface area contributed by atoms with Gasteiger partial charge in [0.25, 0.3) is 0 Å². The molecule has 0 aliphatic carbocycles. The standard InChI is InChI=1S/C11H15NO4S/c1-8-5-9(7-10(12)6-8)11(13)16-3-4-17(2,14)15/h5-7H,3-4,12H2,1-2H3. The van der Waals surface area contributed by atoms with Crippen LogP contribution in [0.4, 0.5) is 5.69 Å². The fourth-order valence-electron chi connectivity index (χ4n) is 1.30. The van der Waals surface area contributed by atoms with E-state index in [0.717, 1.165) is 11.8 Å². The summed E-state index contributed by atoms with van der Waals surface area (Å²) in [6, 6.07) is 4.86. The molecule has 0 aromatic heterocycles. The number of benzene rings is 1. The molecule has 0 spiro atoms. The van der Waals surface area contributed by atoms with Crippen molar-refractivity contribution < 1.29 is 17.9 Å². The van der Waals surface area contributed by atoms with Gasteiger partial charge in [-0.25, -0.2) is 13.2 Å². The van der Waals surface area contributed by atoms with Gasteiger partial charge in [0, 0.05) is 11.9 Å². The van der Waals surface area contributed by atoms with Crippen LogP contribution in [-0.2, 0) is 14.6 Å². The summed E-state index contributed by atoms with van der Waals surface area (Å²) >= 11 is 0. The molecular formula is C11H15NO4S. The summed E-state index contributed by atoms with van der Waals surface area (Å²) < 4.78 is 26.5. The van der Waals surface area contributed by atoms with Crippen molar-refractivity contribution in [1.82, 2.24) is 0 Å². The SMILES string of the molecule is Cc1cc(N)cc(C(=O)OCCS(C)(=O)=O)c1. The molecule has 0 atom stereocenters. The summed E-state index contributed by atoms with van der Waals surface area (Å²) in [5.74, 6) is -0.746. The fourth-order valence-corrected chi connectivity index (χ4v) is 1.69. The van der Waals surface area contributed by atoms with Gasteiger partial charge in [-0.05, 0) is 30.7 Å². The molecule has 0 heterocycles. The summed E-state index contributed by atoms with van der Waals surface area (Å²) in [5, 5.41) is 0. The lowest BCUT2D eigenvalue weighted by Gasteiger charge is -2.05. The zero-order valence-electron chi connectivity index (χ0n) is 9.76. The number of ether oxygens (including phenoxy) is 1. The zero-order valence-corrected chi connectivity index (χ0v) is 10.6. The van der Waals surface area contributed by atoms with Gasteiger partial charge in [0.2, 0.25) is 0 Å². The lowest BCUT2D eigenvalue weighted by molar-refractivity contribution is 0.0529. The van der Waals surface area contributed by atoms with E-state index in [9.17, 15) is 13.2 Å². The maximum Gasteiger partial charge on any atom is 0.338 e. The minimum absolute atomic E-state index is 0.147. The number of nitrogen functional groups attached to an aromatic ring is 1. The Morgan fingerprint density at radius 1 is 1.35 bits per heavy atom. The molecule has 0 bridgehead atoms. The highest BCUT2D eigenvalue weighted by Gasteiger charge is 2.10. The third-order valence-electron chi connectivity index (χ3n) is 2.02. The van der Waals surface area contributed by atoms with E-state index in [4.69, 9.17) is 10.5 Å². The average molecular weight is 257 g/mol. The highest BCUT2D eigenvalue weighted by molar-refractivity contribution is 7.90. The molecule has 6 heteroatoms. The number of aryl methyl sites for hydroxylation is 1. The molecule has 0 saturated carbocycles. The van der Waals surface area contributed by atoms with Gasteiger partial charge in [-0.2, -0.15) is 0 Å². The fraction of sp³-hybridized carbons (Fsp3) is 0.364. The van der Waals surface area contributed by atoms with Gasteiger partial charge >= 0.3 is 5.97 Å². The monoisotopic (exact) mass is 257 g/mol. The number of hydrogen-bond acceptors (Lipinski definition) is 5. The Labute approximate surface area is 100 Å². The number of anilines is 1. The van der Waals surface area contributed by atoms with Gasteiger partial charge in [-0.1, -0.05) is 0 Å². The van der Waals surface area contributed by atoms with Crippen LogP contribution in [0.15, 0.2) is 18.2 Å². The van der Waals surface area contributed by atoms with E-state index in [-0.39, 0.29) is 12.4 Å². The summed E-state index contributed by atoms with van der Waals surface area (Å²) in [4.78, 5) is 11.6.